The number of H-pyrrole nitrogens is 1. The van der Waals surface area contributed by atoms with Crippen LogP contribution in [0, 0.1) is 0 Å². The highest BCUT2D eigenvalue weighted by atomic mass is 79.9. The maximum atomic E-state index is 12.2. The molecule has 0 aliphatic rings. The molecule has 0 saturated carbocycles. The molecule has 0 fully saturated rings. The fourth-order valence-electron chi connectivity index (χ4n) is 3.48. The summed E-state index contributed by atoms with van der Waals surface area (Å²) in [6.45, 7) is 1.97. The Bertz CT molecular complexity index is 1130. The number of aldehydes is 1. The molecular formula is C22H18BrNO2. The molecule has 0 spiro atoms. The zero-order chi connectivity index (χ0) is 18.3. The first-order valence-electron chi connectivity index (χ1n) is 8.37. The SMILES string of the molecule is COc1ccc2cc([C@@](C)(C=O)c3c[nH]c4ccc(Br)cc34)ccc2c1. The molecule has 0 bridgehead atoms. The van der Waals surface area contributed by atoms with Crippen molar-refractivity contribution in [2.45, 2.75) is 12.3 Å². The Morgan fingerprint density at radius 1 is 1.04 bits per heavy atom. The van der Waals surface area contributed by atoms with Gasteiger partial charge in [0.05, 0.1) is 12.5 Å². The van der Waals surface area contributed by atoms with Gasteiger partial charge in [0.1, 0.15) is 12.0 Å². The van der Waals surface area contributed by atoms with Gasteiger partial charge in [-0.2, -0.15) is 0 Å². The number of methoxy groups -OCH3 is 1. The van der Waals surface area contributed by atoms with E-state index in [1.807, 2.05) is 55.6 Å². The summed E-state index contributed by atoms with van der Waals surface area (Å²) in [4.78, 5) is 15.5. The molecule has 0 radical (unpaired) electrons. The van der Waals surface area contributed by atoms with Crippen molar-refractivity contribution in [3.8, 4) is 5.75 Å². The van der Waals surface area contributed by atoms with Gasteiger partial charge in [-0.1, -0.05) is 34.1 Å². The van der Waals surface area contributed by atoms with Gasteiger partial charge in [0.2, 0.25) is 0 Å². The molecule has 0 unspecified atom stereocenters. The van der Waals surface area contributed by atoms with E-state index in [9.17, 15) is 4.79 Å². The van der Waals surface area contributed by atoms with E-state index in [-0.39, 0.29) is 0 Å². The highest BCUT2D eigenvalue weighted by Crippen LogP contribution is 2.37. The number of hydrogen-bond donors (Lipinski definition) is 1. The zero-order valence-electron chi connectivity index (χ0n) is 14.5. The molecule has 1 atom stereocenters. The number of carbonyl (C=O) groups excluding carboxylic acids is 1. The first-order chi connectivity index (χ1) is 12.5. The van der Waals surface area contributed by atoms with Crippen molar-refractivity contribution in [3.63, 3.8) is 0 Å². The van der Waals surface area contributed by atoms with Crippen LogP contribution in [0.5, 0.6) is 5.75 Å². The van der Waals surface area contributed by atoms with Crippen LogP contribution in [0.3, 0.4) is 0 Å². The highest BCUT2D eigenvalue weighted by Gasteiger charge is 2.31. The number of rotatable bonds is 4. The number of nitrogens with one attached hydrogen (secondary N) is 1. The summed E-state index contributed by atoms with van der Waals surface area (Å²) in [5, 5.41) is 3.21. The Balaban J connectivity index is 1.91. The third-order valence-corrected chi connectivity index (χ3v) is 5.58. The van der Waals surface area contributed by atoms with E-state index >= 15 is 0 Å². The van der Waals surface area contributed by atoms with E-state index in [0.717, 1.165) is 49.3 Å². The summed E-state index contributed by atoms with van der Waals surface area (Å²) in [7, 11) is 1.66. The predicted molar refractivity (Wildman–Crippen MR) is 109 cm³/mol. The van der Waals surface area contributed by atoms with Crippen LogP contribution >= 0.6 is 15.9 Å². The Labute approximate surface area is 160 Å². The third-order valence-electron chi connectivity index (χ3n) is 5.09. The van der Waals surface area contributed by atoms with Crippen molar-refractivity contribution < 1.29 is 9.53 Å². The molecule has 26 heavy (non-hydrogen) atoms. The van der Waals surface area contributed by atoms with Crippen LogP contribution in [0.1, 0.15) is 18.1 Å². The number of aromatic amines is 1. The smallest absolute Gasteiger partial charge is 0.134 e. The number of carbonyl (C=O) groups is 1. The Morgan fingerprint density at radius 2 is 1.81 bits per heavy atom. The van der Waals surface area contributed by atoms with Crippen LogP contribution in [-0.2, 0) is 10.2 Å². The largest absolute Gasteiger partial charge is 0.497 e. The molecule has 1 aromatic heterocycles. The van der Waals surface area contributed by atoms with Crippen molar-refractivity contribution in [2.75, 3.05) is 7.11 Å². The fraction of sp³-hybridized carbons (Fsp3) is 0.136. The van der Waals surface area contributed by atoms with E-state index in [4.69, 9.17) is 4.74 Å². The molecule has 4 rings (SSSR count). The van der Waals surface area contributed by atoms with Crippen LogP contribution in [0.15, 0.2) is 65.3 Å². The van der Waals surface area contributed by atoms with Gasteiger partial charge >= 0.3 is 0 Å². The molecule has 3 nitrogen and oxygen atoms in total. The second-order valence-electron chi connectivity index (χ2n) is 6.64. The average molecular weight is 408 g/mol. The van der Waals surface area contributed by atoms with Gasteiger partial charge in [0, 0.05) is 21.6 Å². The minimum Gasteiger partial charge on any atom is -0.497 e. The van der Waals surface area contributed by atoms with Crippen molar-refractivity contribution in [2.24, 2.45) is 0 Å². The molecule has 1 heterocycles. The van der Waals surface area contributed by atoms with E-state index in [0.29, 0.717) is 0 Å². The van der Waals surface area contributed by atoms with Crippen molar-refractivity contribution in [3.05, 3.63) is 76.4 Å². The average Bonchev–Trinajstić information content (AvgIpc) is 3.10. The molecule has 3 aromatic carbocycles. The Morgan fingerprint density at radius 3 is 2.58 bits per heavy atom. The Kier molecular flexibility index (Phi) is 4.08. The number of fused-ring (bicyclic) bond motifs is 2. The third kappa shape index (κ3) is 2.61. The lowest BCUT2D eigenvalue weighted by Gasteiger charge is -2.24. The minimum absolute atomic E-state index is 0.743. The molecular weight excluding hydrogens is 390 g/mol. The normalized spacial score (nSPS) is 13.7. The summed E-state index contributed by atoms with van der Waals surface area (Å²) in [6, 6.07) is 18.2. The maximum Gasteiger partial charge on any atom is 0.134 e. The Hall–Kier alpha value is -2.59. The highest BCUT2D eigenvalue weighted by molar-refractivity contribution is 9.10. The molecule has 0 amide bonds. The van der Waals surface area contributed by atoms with E-state index < -0.39 is 5.41 Å². The van der Waals surface area contributed by atoms with Gasteiger partial charge < -0.3 is 14.5 Å². The molecule has 0 aliphatic carbocycles. The van der Waals surface area contributed by atoms with Gasteiger partial charge in [-0.3, -0.25) is 0 Å². The summed E-state index contributed by atoms with van der Waals surface area (Å²) >= 11 is 3.53. The van der Waals surface area contributed by atoms with Crippen LogP contribution in [0.25, 0.3) is 21.7 Å². The second-order valence-corrected chi connectivity index (χ2v) is 7.56. The molecule has 4 aromatic rings. The maximum absolute atomic E-state index is 12.2. The number of benzene rings is 3. The van der Waals surface area contributed by atoms with E-state index in [1.165, 1.54) is 0 Å². The van der Waals surface area contributed by atoms with Crippen LogP contribution in [0.4, 0.5) is 0 Å². The van der Waals surface area contributed by atoms with E-state index in [1.54, 1.807) is 7.11 Å². The molecule has 1 N–H and O–H groups in total. The molecule has 0 aliphatic heterocycles. The molecule has 4 heteroatoms. The predicted octanol–water partition coefficient (Wildman–Crippen LogP) is 5.60. The lowest BCUT2D eigenvalue weighted by molar-refractivity contribution is -0.110. The summed E-state index contributed by atoms with van der Waals surface area (Å²) in [5.41, 5.74) is 2.21. The summed E-state index contributed by atoms with van der Waals surface area (Å²) in [5.74, 6) is 0.824. The lowest BCUT2D eigenvalue weighted by atomic mass is 9.77. The van der Waals surface area contributed by atoms with Crippen molar-refractivity contribution >= 4 is 43.9 Å². The van der Waals surface area contributed by atoms with Gasteiger partial charge in [-0.15, -0.1) is 0 Å². The number of aromatic nitrogens is 1. The standard InChI is InChI=1S/C22H18BrNO2/c1-22(13-25,20-12-24-21-8-6-17(23)11-19(20)21)16-5-3-15-10-18(26-2)7-4-14(15)9-16/h3-13,24H,1-2H3/t22-/m1/s1. The second kappa shape index (κ2) is 6.29. The lowest BCUT2D eigenvalue weighted by Crippen LogP contribution is -2.25. The topological polar surface area (TPSA) is 42.1 Å². The van der Waals surface area contributed by atoms with Crippen molar-refractivity contribution in [1.82, 2.24) is 4.98 Å². The van der Waals surface area contributed by atoms with E-state index in [2.05, 4.69) is 33.0 Å². The minimum atomic E-state index is -0.743. The molecule has 130 valence electrons. The molecule has 0 saturated heterocycles. The summed E-state index contributed by atoms with van der Waals surface area (Å²) in [6.07, 6.45) is 2.96. The summed E-state index contributed by atoms with van der Waals surface area (Å²) < 4.78 is 6.28. The monoisotopic (exact) mass is 407 g/mol. The van der Waals surface area contributed by atoms with Gasteiger partial charge in [0.25, 0.3) is 0 Å². The number of hydrogen-bond acceptors (Lipinski definition) is 2. The van der Waals surface area contributed by atoms with Crippen molar-refractivity contribution in [1.29, 1.82) is 0 Å². The number of halogens is 1. The van der Waals surface area contributed by atoms with Crippen LogP contribution < -0.4 is 4.74 Å². The van der Waals surface area contributed by atoms with Gasteiger partial charge in [-0.25, -0.2) is 0 Å². The van der Waals surface area contributed by atoms with Crippen LogP contribution in [-0.4, -0.2) is 18.4 Å². The van der Waals surface area contributed by atoms with Crippen LogP contribution in [0.2, 0.25) is 0 Å². The first-order valence-corrected chi connectivity index (χ1v) is 9.16. The van der Waals surface area contributed by atoms with Gasteiger partial charge in [-0.05, 0) is 65.2 Å². The van der Waals surface area contributed by atoms with Gasteiger partial charge in [0.15, 0.2) is 0 Å². The zero-order valence-corrected chi connectivity index (χ0v) is 16.1. The fourth-order valence-corrected chi connectivity index (χ4v) is 3.84. The first kappa shape index (κ1) is 16.9. The quantitative estimate of drug-likeness (QED) is 0.447. The number of ether oxygens (including phenoxy) is 1.